The van der Waals surface area contributed by atoms with Crippen molar-refractivity contribution < 1.29 is 18.7 Å². The van der Waals surface area contributed by atoms with E-state index in [-0.39, 0.29) is 6.61 Å². The molecule has 7 nitrogen and oxygen atoms in total. The number of carbonyl (C=O) groups excluding carboxylic acids is 1. The van der Waals surface area contributed by atoms with E-state index in [2.05, 4.69) is 17.1 Å². The van der Waals surface area contributed by atoms with Crippen molar-refractivity contribution in [3.63, 3.8) is 0 Å². The molecule has 0 aliphatic carbocycles. The molecule has 0 unspecified atom stereocenters. The summed E-state index contributed by atoms with van der Waals surface area (Å²) in [4.78, 5) is 23.4. The Morgan fingerprint density at radius 1 is 1.17 bits per heavy atom. The van der Waals surface area contributed by atoms with Crippen LogP contribution in [0, 0.1) is 6.92 Å². The molecular formula is C22H20N2O5. The number of hydrogen-bond donors (Lipinski definition) is 1. The van der Waals surface area contributed by atoms with Gasteiger partial charge in [0.2, 0.25) is 0 Å². The van der Waals surface area contributed by atoms with Crippen molar-refractivity contribution in [2.24, 2.45) is 5.10 Å². The van der Waals surface area contributed by atoms with Gasteiger partial charge in [-0.1, -0.05) is 24.8 Å². The fraction of sp³-hybridized carbons (Fsp3) is 0.136. The third-order valence-electron chi connectivity index (χ3n) is 3.92. The molecule has 1 aromatic heterocycles. The van der Waals surface area contributed by atoms with Crippen LogP contribution < -0.4 is 20.5 Å². The maximum Gasteiger partial charge on any atom is 0.336 e. The van der Waals surface area contributed by atoms with Crippen molar-refractivity contribution in [1.29, 1.82) is 0 Å². The van der Waals surface area contributed by atoms with Gasteiger partial charge in [-0.05, 0) is 42.3 Å². The third-order valence-corrected chi connectivity index (χ3v) is 3.92. The standard InChI is InChI=1S/C22H20N2O5/c1-3-9-27-17-6-4-5-16(11-17)13-23-24-21(25)14-28-18-7-8-19-15(2)10-22(26)29-20(19)12-18/h3-8,10-13H,1,9,14H2,2H3,(H,24,25)/b23-13-. The summed E-state index contributed by atoms with van der Waals surface area (Å²) in [6.07, 6.45) is 3.16. The molecule has 0 aliphatic heterocycles. The number of hydrogen-bond acceptors (Lipinski definition) is 6. The SMILES string of the molecule is C=CCOc1cccc(/C=N\NC(=O)COc2ccc3c(C)cc(=O)oc3c2)c1. The maximum atomic E-state index is 11.9. The van der Waals surface area contributed by atoms with Gasteiger partial charge in [0.15, 0.2) is 6.61 Å². The highest BCUT2D eigenvalue weighted by molar-refractivity contribution is 5.84. The molecule has 0 bridgehead atoms. The lowest BCUT2D eigenvalue weighted by atomic mass is 10.1. The summed E-state index contributed by atoms with van der Waals surface area (Å²) in [7, 11) is 0. The van der Waals surface area contributed by atoms with Crippen molar-refractivity contribution >= 4 is 23.1 Å². The third kappa shape index (κ3) is 5.55. The Kier molecular flexibility index (Phi) is 6.42. The van der Waals surface area contributed by atoms with Crippen LogP contribution in [0.15, 0.2) is 75.5 Å². The number of rotatable bonds is 8. The Labute approximate surface area is 167 Å². The molecular weight excluding hydrogens is 372 g/mol. The van der Waals surface area contributed by atoms with Crippen LogP contribution in [-0.2, 0) is 4.79 Å². The largest absolute Gasteiger partial charge is 0.490 e. The second-order valence-corrected chi connectivity index (χ2v) is 6.16. The summed E-state index contributed by atoms with van der Waals surface area (Å²) in [6, 6.07) is 13.8. The van der Waals surface area contributed by atoms with Gasteiger partial charge >= 0.3 is 5.63 Å². The average Bonchev–Trinajstić information content (AvgIpc) is 2.70. The molecule has 2 aromatic carbocycles. The molecule has 1 heterocycles. The molecule has 29 heavy (non-hydrogen) atoms. The number of ether oxygens (including phenoxy) is 2. The molecule has 0 saturated carbocycles. The molecule has 1 N–H and O–H groups in total. The molecule has 0 fully saturated rings. The van der Waals surface area contributed by atoms with Crippen LogP contribution in [-0.4, -0.2) is 25.3 Å². The van der Waals surface area contributed by atoms with Crippen LogP contribution in [0.3, 0.4) is 0 Å². The Bertz CT molecular complexity index is 1120. The summed E-state index contributed by atoms with van der Waals surface area (Å²) in [5.74, 6) is 0.672. The second-order valence-electron chi connectivity index (χ2n) is 6.16. The monoisotopic (exact) mass is 392 g/mol. The van der Waals surface area contributed by atoms with Crippen molar-refractivity contribution in [2.75, 3.05) is 13.2 Å². The highest BCUT2D eigenvalue weighted by Crippen LogP contribution is 2.22. The zero-order valence-corrected chi connectivity index (χ0v) is 15.9. The number of benzene rings is 2. The number of carbonyl (C=O) groups is 1. The first-order valence-electron chi connectivity index (χ1n) is 8.88. The zero-order valence-electron chi connectivity index (χ0n) is 15.9. The Hall–Kier alpha value is -3.87. The predicted octanol–water partition coefficient (Wildman–Crippen LogP) is 3.20. The van der Waals surface area contributed by atoms with Gasteiger partial charge in [0.05, 0.1) is 6.21 Å². The zero-order chi connectivity index (χ0) is 20.6. The molecule has 0 saturated heterocycles. The number of nitrogens with one attached hydrogen (secondary N) is 1. The summed E-state index contributed by atoms with van der Waals surface area (Å²) in [5, 5.41) is 4.72. The smallest absolute Gasteiger partial charge is 0.336 e. The summed E-state index contributed by atoms with van der Waals surface area (Å²) in [6.45, 7) is 5.60. The number of hydrazone groups is 1. The van der Waals surface area contributed by atoms with Crippen molar-refractivity contribution in [1.82, 2.24) is 5.43 Å². The summed E-state index contributed by atoms with van der Waals surface area (Å²) in [5.41, 5.74) is 3.95. The van der Waals surface area contributed by atoms with Crippen molar-refractivity contribution in [3.05, 3.63) is 82.7 Å². The fourth-order valence-electron chi connectivity index (χ4n) is 2.59. The summed E-state index contributed by atoms with van der Waals surface area (Å²) < 4.78 is 16.0. The van der Waals surface area contributed by atoms with E-state index in [1.165, 1.54) is 12.3 Å². The van der Waals surface area contributed by atoms with E-state index < -0.39 is 11.5 Å². The van der Waals surface area contributed by atoms with E-state index in [1.54, 1.807) is 30.3 Å². The van der Waals surface area contributed by atoms with E-state index in [0.717, 1.165) is 16.5 Å². The van der Waals surface area contributed by atoms with E-state index >= 15 is 0 Å². The van der Waals surface area contributed by atoms with Gasteiger partial charge in [-0.3, -0.25) is 4.79 Å². The fourth-order valence-corrected chi connectivity index (χ4v) is 2.59. The van der Waals surface area contributed by atoms with E-state index in [4.69, 9.17) is 13.9 Å². The highest BCUT2D eigenvalue weighted by Gasteiger charge is 2.06. The maximum absolute atomic E-state index is 11.9. The van der Waals surface area contributed by atoms with Gasteiger partial charge < -0.3 is 13.9 Å². The van der Waals surface area contributed by atoms with Crippen LogP contribution in [0.4, 0.5) is 0 Å². The molecule has 1 amide bonds. The van der Waals surface area contributed by atoms with E-state index in [1.807, 2.05) is 25.1 Å². The first-order chi connectivity index (χ1) is 14.0. The van der Waals surface area contributed by atoms with Crippen molar-refractivity contribution in [3.8, 4) is 11.5 Å². The molecule has 0 atom stereocenters. The van der Waals surface area contributed by atoms with Crippen LogP contribution in [0.25, 0.3) is 11.0 Å². The van der Waals surface area contributed by atoms with Gasteiger partial charge in [0.1, 0.15) is 23.7 Å². The summed E-state index contributed by atoms with van der Waals surface area (Å²) >= 11 is 0. The second kappa shape index (κ2) is 9.36. The molecule has 148 valence electrons. The van der Waals surface area contributed by atoms with Gasteiger partial charge in [-0.2, -0.15) is 5.10 Å². The van der Waals surface area contributed by atoms with E-state index in [0.29, 0.717) is 23.7 Å². The number of fused-ring (bicyclic) bond motifs is 1. The minimum absolute atomic E-state index is 0.235. The molecule has 0 radical (unpaired) electrons. The molecule has 0 spiro atoms. The Balaban J connectivity index is 1.55. The number of amides is 1. The minimum atomic E-state index is -0.432. The predicted molar refractivity (Wildman–Crippen MR) is 111 cm³/mol. The van der Waals surface area contributed by atoms with Crippen LogP contribution in [0.2, 0.25) is 0 Å². The van der Waals surface area contributed by atoms with E-state index in [9.17, 15) is 9.59 Å². The molecule has 3 aromatic rings. The molecule has 0 aliphatic rings. The van der Waals surface area contributed by atoms with Gasteiger partial charge in [-0.25, -0.2) is 10.2 Å². The number of nitrogens with zero attached hydrogens (tertiary/aromatic N) is 1. The minimum Gasteiger partial charge on any atom is -0.490 e. The lowest BCUT2D eigenvalue weighted by Crippen LogP contribution is -2.24. The topological polar surface area (TPSA) is 90.1 Å². The number of aryl methyl sites for hydroxylation is 1. The van der Waals surface area contributed by atoms with Crippen LogP contribution in [0.1, 0.15) is 11.1 Å². The van der Waals surface area contributed by atoms with Gasteiger partial charge in [0.25, 0.3) is 5.91 Å². The van der Waals surface area contributed by atoms with Crippen LogP contribution in [0.5, 0.6) is 11.5 Å². The van der Waals surface area contributed by atoms with Gasteiger partial charge in [0, 0.05) is 17.5 Å². The first kappa shape index (κ1) is 19.9. The lowest BCUT2D eigenvalue weighted by molar-refractivity contribution is -0.123. The highest BCUT2D eigenvalue weighted by atomic mass is 16.5. The van der Waals surface area contributed by atoms with Crippen LogP contribution >= 0.6 is 0 Å². The van der Waals surface area contributed by atoms with Gasteiger partial charge in [-0.15, -0.1) is 0 Å². The Morgan fingerprint density at radius 3 is 2.83 bits per heavy atom. The Morgan fingerprint density at radius 2 is 2.00 bits per heavy atom. The molecule has 3 rings (SSSR count). The lowest BCUT2D eigenvalue weighted by Gasteiger charge is -2.07. The van der Waals surface area contributed by atoms with Crippen molar-refractivity contribution in [2.45, 2.75) is 6.92 Å². The molecule has 7 heteroatoms. The first-order valence-corrected chi connectivity index (χ1v) is 8.88. The normalized spacial score (nSPS) is 10.8. The quantitative estimate of drug-likeness (QED) is 0.275. The average molecular weight is 392 g/mol.